The molecule has 0 spiro atoms. The fourth-order valence-corrected chi connectivity index (χ4v) is 6.05. The highest BCUT2D eigenvalue weighted by Crippen LogP contribution is 2.76. The Morgan fingerprint density at radius 2 is 2.06 bits per heavy atom. The summed E-state index contributed by atoms with van der Waals surface area (Å²) in [5.74, 6) is 0.963. The van der Waals surface area contributed by atoms with Crippen molar-refractivity contribution < 1.29 is 9.05 Å². The van der Waals surface area contributed by atoms with Crippen LogP contribution in [0.5, 0.6) is 5.75 Å². The zero-order valence-electron chi connectivity index (χ0n) is 11.2. The van der Waals surface area contributed by atoms with Gasteiger partial charge in [-0.15, -0.1) is 4.67 Å². The fourth-order valence-electron chi connectivity index (χ4n) is 2.71. The average molecular weight is 267 g/mol. The van der Waals surface area contributed by atoms with Gasteiger partial charge in [0, 0.05) is 13.1 Å². The Kier molecular flexibility index (Phi) is 2.97. The first-order valence-corrected chi connectivity index (χ1v) is 8.13. The molecule has 0 bridgehead atoms. The van der Waals surface area contributed by atoms with Crippen LogP contribution in [0.1, 0.15) is 20.8 Å². The molecule has 2 heterocycles. The molecule has 2 aliphatic heterocycles. The Morgan fingerprint density at radius 3 is 2.78 bits per heavy atom. The third-order valence-corrected chi connectivity index (χ3v) is 6.84. The molecule has 2 aliphatic rings. The maximum Gasteiger partial charge on any atom is 0.506 e. The van der Waals surface area contributed by atoms with Gasteiger partial charge in [0.2, 0.25) is 5.75 Å². The largest absolute Gasteiger partial charge is 0.506 e. The molecule has 3 rings (SSSR count). The van der Waals surface area contributed by atoms with Crippen LogP contribution in [0.15, 0.2) is 24.3 Å². The number of rotatable bonds is 3. The Balaban J connectivity index is 2.04. The Labute approximate surface area is 109 Å². The van der Waals surface area contributed by atoms with Crippen LogP contribution in [0.3, 0.4) is 0 Å². The molecular formula is C13H20N2O2P+. The molecule has 4 nitrogen and oxygen atoms in total. The first-order valence-electron chi connectivity index (χ1n) is 6.60. The second-order valence-electron chi connectivity index (χ2n) is 4.69. The molecule has 0 radical (unpaired) electrons. The summed E-state index contributed by atoms with van der Waals surface area (Å²) >= 11 is 0. The fraction of sp³-hybridized carbons (Fsp3) is 0.538. The van der Waals surface area contributed by atoms with Crippen LogP contribution >= 0.6 is 8.02 Å². The molecule has 1 saturated heterocycles. The van der Waals surface area contributed by atoms with E-state index in [1.165, 1.54) is 5.69 Å². The van der Waals surface area contributed by atoms with Crippen molar-refractivity contribution in [1.82, 2.24) is 4.67 Å². The van der Waals surface area contributed by atoms with Gasteiger partial charge in [-0.3, -0.25) is 4.52 Å². The smallest absolute Gasteiger partial charge is 0.272 e. The summed E-state index contributed by atoms with van der Waals surface area (Å²) in [4.78, 5) is 0. The molecule has 98 valence electrons. The van der Waals surface area contributed by atoms with E-state index in [9.17, 15) is 0 Å². The van der Waals surface area contributed by atoms with E-state index in [1.807, 2.05) is 12.1 Å². The third-order valence-electron chi connectivity index (χ3n) is 3.50. The standard InChI is InChI=1S/C13H20N2O2P/c1-4-14(5-2)18-15(10-11(3)16-18)12-8-6-7-9-13(12)17-18/h6-9,11H,4-5,10H2,1-3H3/q+1. The highest BCUT2D eigenvalue weighted by Gasteiger charge is 2.67. The van der Waals surface area contributed by atoms with Gasteiger partial charge < -0.3 is 0 Å². The van der Waals surface area contributed by atoms with E-state index in [4.69, 9.17) is 9.05 Å². The first kappa shape index (κ1) is 12.2. The third kappa shape index (κ3) is 1.56. The molecule has 2 atom stereocenters. The first-order chi connectivity index (χ1) is 8.71. The summed E-state index contributed by atoms with van der Waals surface area (Å²) in [5.41, 5.74) is 1.18. The van der Waals surface area contributed by atoms with Crippen molar-refractivity contribution in [3.8, 4) is 5.75 Å². The lowest BCUT2D eigenvalue weighted by molar-refractivity contribution is 0.219. The van der Waals surface area contributed by atoms with E-state index in [2.05, 4.69) is 42.2 Å². The van der Waals surface area contributed by atoms with Crippen LogP contribution in [0.2, 0.25) is 0 Å². The van der Waals surface area contributed by atoms with Gasteiger partial charge >= 0.3 is 8.02 Å². The molecule has 0 aromatic heterocycles. The summed E-state index contributed by atoms with van der Waals surface area (Å²) in [7, 11) is -2.09. The predicted octanol–water partition coefficient (Wildman–Crippen LogP) is 3.32. The topological polar surface area (TPSA) is 24.9 Å². The van der Waals surface area contributed by atoms with Gasteiger partial charge in [0.1, 0.15) is 11.8 Å². The van der Waals surface area contributed by atoms with Crippen LogP contribution in [-0.4, -0.2) is 30.4 Å². The van der Waals surface area contributed by atoms with E-state index >= 15 is 0 Å². The van der Waals surface area contributed by atoms with Gasteiger partial charge in [-0.05, 0) is 32.9 Å². The number of hydrogen-bond acceptors (Lipinski definition) is 4. The summed E-state index contributed by atoms with van der Waals surface area (Å²) in [5, 5.41) is 0. The van der Waals surface area contributed by atoms with Gasteiger partial charge in [-0.25, -0.2) is 0 Å². The minimum Gasteiger partial charge on any atom is -0.272 e. The van der Waals surface area contributed by atoms with Gasteiger partial charge in [0.15, 0.2) is 0 Å². The molecule has 5 heteroatoms. The number of anilines is 1. The van der Waals surface area contributed by atoms with Crippen molar-refractivity contribution >= 4 is 13.7 Å². The molecule has 0 N–H and O–H groups in total. The van der Waals surface area contributed by atoms with E-state index in [-0.39, 0.29) is 6.10 Å². The molecule has 0 aliphatic carbocycles. The van der Waals surface area contributed by atoms with Crippen molar-refractivity contribution in [2.45, 2.75) is 26.9 Å². The number of para-hydroxylation sites is 2. The van der Waals surface area contributed by atoms with E-state index < -0.39 is 8.02 Å². The predicted molar refractivity (Wildman–Crippen MR) is 74.8 cm³/mol. The lowest BCUT2D eigenvalue weighted by atomic mass is 10.3. The highest BCUT2D eigenvalue weighted by atomic mass is 31.2. The molecule has 1 aromatic rings. The van der Waals surface area contributed by atoms with Gasteiger partial charge in [0.25, 0.3) is 0 Å². The maximum absolute atomic E-state index is 6.27. The highest BCUT2D eigenvalue weighted by molar-refractivity contribution is 7.67. The lowest BCUT2D eigenvalue weighted by Gasteiger charge is -2.27. The van der Waals surface area contributed by atoms with E-state index in [1.54, 1.807) is 0 Å². The van der Waals surface area contributed by atoms with Crippen LogP contribution in [-0.2, 0) is 4.52 Å². The van der Waals surface area contributed by atoms with Gasteiger partial charge in [-0.2, -0.15) is 9.19 Å². The van der Waals surface area contributed by atoms with E-state index in [0.29, 0.717) is 0 Å². The summed E-state index contributed by atoms with van der Waals surface area (Å²) in [6, 6.07) is 8.24. The van der Waals surface area contributed by atoms with Crippen LogP contribution in [0, 0.1) is 0 Å². The maximum atomic E-state index is 6.27. The second-order valence-corrected chi connectivity index (χ2v) is 7.11. The molecule has 1 aromatic carbocycles. The monoisotopic (exact) mass is 267 g/mol. The number of nitrogens with zero attached hydrogens (tertiary/aromatic N) is 2. The Bertz CT molecular complexity index is 452. The molecule has 0 saturated carbocycles. The summed E-state index contributed by atoms with van der Waals surface area (Å²) in [6.45, 7) is 9.25. The SMILES string of the molecule is CCN(CC)[P+]12Oc3ccccc3N1CC(C)O2. The minimum atomic E-state index is -2.09. The lowest BCUT2D eigenvalue weighted by Crippen LogP contribution is -2.32. The summed E-state index contributed by atoms with van der Waals surface area (Å²) in [6.07, 6.45) is 0.229. The Morgan fingerprint density at radius 1 is 1.33 bits per heavy atom. The molecular weight excluding hydrogens is 247 g/mol. The zero-order chi connectivity index (χ0) is 12.8. The van der Waals surface area contributed by atoms with E-state index in [0.717, 1.165) is 25.4 Å². The number of fused-ring (bicyclic) bond motifs is 3. The van der Waals surface area contributed by atoms with Crippen molar-refractivity contribution in [2.24, 2.45) is 0 Å². The minimum absolute atomic E-state index is 0.229. The number of benzene rings is 1. The summed E-state index contributed by atoms with van der Waals surface area (Å²) < 4.78 is 17.2. The molecule has 1 fully saturated rings. The van der Waals surface area contributed by atoms with Crippen molar-refractivity contribution in [3.63, 3.8) is 0 Å². The molecule has 2 unspecified atom stereocenters. The van der Waals surface area contributed by atoms with Crippen LogP contribution in [0.4, 0.5) is 5.69 Å². The van der Waals surface area contributed by atoms with Crippen LogP contribution in [0.25, 0.3) is 0 Å². The van der Waals surface area contributed by atoms with Crippen molar-refractivity contribution in [3.05, 3.63) is 24.3 Å². The quantitative estimate of drug-likeness (QED) is 0.784. The van der Waals surface area contributed by atoms with Crippen molar-refractivity contribution in [1.29, 1.82) is 0 Å². The number of hydrogen-bond donors (Lipinski definition) is 0. The second kappa shape index (κ2) is 4.37. The normalized spacial score (nSPS) is 29.3. The van der Waals surface area contributed by atoms with Gasteiger partial charge in [0.05, 0.1) is 6.54 Å². The van der Waals surface area contributed by atoms with Gasteiger partial charge in [-0.1, -0.05) is 12.1 Å². The molecule has 0 amide bonds. The zero-order valence-corrected chi connectivity index (χ0v) is 12.1. The van der Waals surface area contributed by atoms with Crippen LogP contribution < -0.4 is 9.19 Å². The molecule has 18 heavy (non-hydrogen) atoms. The average Bonchev–Trinajstić information content (AvgIpc) is 2.82. The van der Waals surface area contributed by atoms with Crippen molar-refractivity contribution in [2.75, 3.05) is 24.3 Å². The Hall–Kier alpha value is -0.830.